The zero-order chi connectivity index (χ0) is 17.7. The molecule has 1 aromatic carbocycles. The quantitative estimate of drug-likeness (QED) is 0.847. The van der Waals surface area contributed by atoms with E-state index in [1.807, 2.05) is 0 Å². The van der Waals surface area contributed by atoms with Gasteiger partial charge in [-0.15, -0.1) is 0 Å². The highest BCUT2D eigenvalue weighted by molar-refractivity contribution is 7.90. The largest absolute Gasteiger partial charge is 0.497 e. The lowest BCUT2D eigenvalue weighted by molar-refractivity contribution is 0.0962. The van der Waals surface area contributed by atoms with E-state index in [0.29, 0.717) is 16.9 Å². The molecule has 0 saturated carbocycles. The third kappa shape index (κ3) is 3.83. The van der Waals surface area contributed by atoms with Gasteiger partial charge in [0.25, 0.3) is 5.91 Å². The first kappa shape index (κ1) is 17.7. The summed E-state index contributed by atoms with van der Waals surface area (Å²) in [6.07, 6.45) is 2.79. The summed E-state index contributed by atoms with van der Waals surface area (Å²) in [5.41, 5.74) is 0.698. The summed E-state index contributed by atoms with van der Waals surface area (Å²) in [6, 6.07) is 6.05. The van der Waals surface area contributed by atoms with Crippen molar-refractivity contribution in [2.24, 2.45) is 0 Å². The highest BCUT2D eigenvalue weighted by atomic mass is 32.2. The van der Waals surface area contributed by atoms with E-state index < -0.39 is 9.84 Å². The predicted molar refractivity (Wildman–Crippen MR) is 88.1 cm³/mol. The zero-order valence-electron chi connectivity index (χ0n) is 13.6. The van der Waals surface area contributed by atoms with Gasteiger partial charge in [-0.25, -0.2) is 8.42 Å². The summed E-state index contributed by atoms with van der Waals surface area (Å²) in [5.74, 6) is -0.00695. The number of nitrogens with zero attached hydrogens (tertiary/aromatic N) is 1. The minimum Gasteiger partial charge on any atom is -0.497 e. The van der Waals surface area contributed by atoms with Crippen molar-refractivity contribution in [3.8, 4) is 11.5 Å². The molecule has 0 saturated heterocycles. The fraction of sp³-hybridized carbons (Fsp3) is 0.250. The summed E-state index contributed by atoms with van der Waals surface area (Å²) in [4.78, 5) is 15.6. The number of amides is 1. The van der Waals surface area contributed by atoms with Crippen LogP contribution in [-0.4, -0.2) is 40.6 Å². The lowest BCUT2D eigenvalue weighted by Gasteiger charge is -2.11. The predicted octanol–water partition coefficient (Wildman–Crippen LogP) is 1.43. The molecule has 0 radical (unpaired) electrons. The number of hydrogen-bond acceptors (Lipinski definition) is 6. The Labute approximate surface area is 140 Å². The molecule has 0 spiro atoms. The number of ether oxygens (including phenoxy) is 2. The summed E-state index contributed by atoms with van der Waals surface area (Å²) in [6.45, 7) is 0. The van der Waals surface area contributed by atoms with E-state index >= 15 is 0 Å². The van der Waals surface area contributed by atoms with Crippen molar-refractivity contribution in [3.63, 3.8) is 0 Å². The number of pyridine rings is 1. The molecule has 0 aliphatic heterocycles. The van der Waals surface area contributed by atoms with Crippen molar-refractivity contribution in [2.45, 2.75) is 10.6 Å². The molecule has 0 aliphatic carbocycles. The van der Waals surface area contributed by atoms with E-state index in [0.717, 1.165) is 0 Å². The zero-order valence-corrected chi connectivity index (χ0v) is 14.4. The number of hydrogen-bond donors (Lipinski definition) is 1. The molecule has 8 heteroatoms. The van der Waals surface area contributed by atoms with Crippen LogP contribution in [0.1, 0.15) is 15.9 Å². The fourth-order valence-electron chi connectivity index (χ4n) is 2.16. The average molecular weight is 350 g/mol. The van der Waals surface area contributed by atoms with Crippen molar-refractivity contribution in [1.29, 1.82) is 0 Å². The summed E-state index contributed by atoms with van der Waals surface area (Å²) < 4.78 is 35.7. The molecule has 2 aromatic rings. The van der Waals surface area contributed by atoms with E-state index in [4.69, 9.17) is 9.47 Å². The number of carbonyl (C=O) groups is 1. The van der Waals surface area contributed by atoms with Crippen LogP contribution in [0.15, 0.2) is 41.6 Å². The molecular formula is C16H18N2O5S. The Hall–Kier alpha value is -2.61. The van der Waals surface area contributed by atoms with Crippen LogP contribution in [0.25, 0.3) is 0 Å². The van der Waals surface area contributed by atoms with E-state index in [2.05, 4.69) is 10.3 Å². The number of methoxy groups -OCH3 is 2. The van der Waals surface area contributed by atoms with Gasteiger partial charge in [-0.1, -0.05) is 0 Å². The van der Waals surface area contributed by atoms with E-state index in [9.17, 15) is 13.2 Å². The third-order valence-electron chi connectivity index (χ3n) is 3.35. The van der Waals surface area contributed by atoms with Gasteiger partial charge >= 0.3 is 0 Å². The van der Waals surface area contributed by atoms with E-state index in [-0.39, 0.29) is 22.3 Å². The van der Waals surface area contributed by atoms with Gasteiger partial charge in [-0.05, 0) is 23.8 Å². The van der Waals surface area contributed by atoms with Crippen LogP contribution < -0.4 is 14.8 Å². The maximum absolute atomic E-state index is 12.7. The second-order valence-electron chi connectivity index (χ2n) is 4.94. The van der Waals surface area contributed by atoms with Crippen molar-refractivity contribution in [1.82, 2.24) is 10.3 Å². The van der Waals surface area contributed by atoms with Crippen LogP contribution in [-0.2, 0) is 15.6 Å². The molecule has 0 atom stereocenters. The minimum atomic E-state index is -3.71. The number of benzene rings is 1. The summed E-state index contributed by atoms with van der Waals surface area (Å²) >= 11 is 0. The summed E-state index contributed by atoms with van der Waals surface area (Å²) in [7, 11) is 0.629. The van der Waals surface area contributed by atoms with Crippen molar-refractivity contribution in [2.75, 3.05) is 21.3 Å². The number of aromatic nitrogens is 1. The normalized spacial score (nSPS) is 11.0. The Morgan fingerprint density at radius 2 is 1.92 bits per heavy atom. The molecule has 128 valence electrons. The number of rotatable bonds is 6. The van der Waals surface area contributed by atoms with E-state index in [1.54, 1.807) is 6.07 Å². The van der Waals surface area contributed by atoms with Crippen molar-refractivity contribution >= 4 is 15.7 Å². The molecule has 7 nitrogen and oxygen atoms in total. The Morgan fingerprint density at radius 3 is 2.54 bits per heavy atom. The lowest BCUT2D eigenvalue weighted by Crippen LogP contribution is -2.18. The third-order valence-corrected chi connectivity index (χ3v) is 5.05. The van der Waals surface area contributed by atoms with Crippen LogP contribution in [0, 0.1) is 0 Å². The molecule has 0 fully saturated rings. The van der Waals surface area contributed by atoms with Gasteiger partial charge in [0.1, 0.15) is 16.4 Å². The standard InChI is InChI=1S/C16H18N2O5S/c1-17-16(19)12-6-11(8-18-9-12)10-24(20,21)15-7-13(22-2)4-5-14(15)23-3/h4-9H,10H2,1-3H3,(H,17,19). The van der Waals surface area contributed by atoms with Crippen LogP contribution >= 0.6 is 0 Å². The smallest absolute Gasteiger partial charge is 0.252 e. The maximum atomic E-state index is 12.7. The fourth-order valence-corrected chi connectivity index (χ4v) is 3.67. The molecule has 0 aliphatic rings. The minimum absolute atomic E-state index is 0.0229. The number of sulfone groups is 1. The maximum Gasteiger partial charge on any atom is 0.252 e. The number of carbonyl (C=O) groups excluding carboxylic acids is 1. The average Bonchev–Trinajstić information content (AvgIpc) is 2.60. The van der Waals surface area contributed by atoms with Crippen LogP contribution in [0.3, 0.4) is 0 Å². The van der Waals surface area contributed by atoms with Gasteiger partial charge < -0.3 is 14.8 Å². The van der Waals surface area contributed by atoms with Crippen molar-refractivity contribution < 1.29 is 22.7 Å². The molecule has 1 aromatic heterocycles. The van der Waals surface area contributed by atoms with Gasteiger partial charge in [0, 0.05) is 25.5 Å². The lowest BCUT2D eigenvalue weighted by atomic mass is 10.2. The van der Waals surface area contributed by atoms with Gasteiger partial charge in [0.05, 0.1) is 25.5 Å². The number of nitrogens with one attached hydrogen (secondary N) is 1. The molecule has 1 N–H and O–H groups in total. The molecule has 0 unspecified atom stereocenters. The van der Waals surface area contributed by atoms with Crippen LogP contribution in [0.2, 0.25) is 0 Å². The highest BCUT2D eigenvalue weighted by Gasteiger charge is 2.22. The Bertz CT molecular complexity index is 849. The molecule has 0 bridgehead atoms. The molecular weight excluding hydrogens is 332 g/mol. The monoisotopic (exact) mass is 350 g/mol. The molecule has 1 amide bonds. The van der Waals surface area contributed by atoms with Gasteiger partial charge in [-0.3, -0.25) is 9.78 Å². The Morgan fingerprint density at radius 1 is 1.17 bits per heavy atom. The Balaban J connectivity index is 2.40. The van der Waals surface area contributed by atoms with Gasteiger partial charge in [0.2, 0.25) is 0 Å². The van der Waals surface area contributed by atoms with Crippen LogP contribution in [0.4, 0.5) is 0 Å². The van der Waals surface area contributed by atoms with Gasteiger partial charge in [-0.2, -0.15) is 0 Å². The first-order valence-electron chi connectivity index (χ1n) is 7.02. The summed E-state index contributed by atoms with van der Waals surface area (Å²) in [5, 5.41) is 2.47. The van der Waals surface area contributed by atoms with E-state index in [1.165, 1.54) is 51.9 Å². The molecule has 2 rings (SSSR count). The highest BCUT2D eigenvalue weighted by Crippen LogP contribution is 2.30. The first-order chi connectivity index (χ1) is 11.4. The Kier molecular flexibility index (Phi) is 5.40. The second kappa shape index (κ2) is 7.31. The second-order valence-corrected chi connectivity index (χ2v) is 6.89. The SMILES string of the molecule is CNC(=O)c1cncc(CS(=O)(=O)c2cc(OC)ccc2OC)c1. The first-order valence-corrected chi connectivity index (χ1v) is 8.67. The van der Waals surface area contributed by atoms with Gasteiger partial charge in [0.15, 0.2) is 9.84 Å². The van der Waals surface area contributed by atoms with Crippen LogP contribution in [0.5, 0.6) is 11.5 Å². The van der Waals surface area contributed by atoms with Crippen molar-refractivity contribution in [3.05, 3.63) is 47.8 Å². The topological polar surface area (TPSA) is 94.6 Å². The molecule has 24 heavy (non-hydrogen) atoms. The molecule has 1 heterocycles.